The summed E-state index contributed by atoms with van der Waals surface area (Å²) in [5.41, 5.74) is 1.40. The van der Waals surface area contributed by atoms with Crippen molar-refractivity contribution in [2.24, 2.45) is 0 Å². The number of halogens is 1. The normalized spacial score (nSPS) is 11.0. The number of hydrogen-bond donors (Lipinski definition) is 2. The fourth-order valence-corrected chi connectivity index (χ4v) is 2.75. The molecule has 114 valence electrons. The molecule has 2 aromatic rings. The third kappa shape index (κ3) is 5.21. The van der Waals surface area contributed by atoms with Gasteiger partial charge >= 0.3 is 0 Å². The number of unbranched alkanes of at least 4 members (excludes halogenated alkanes) is 3. The summed E-state index contributed by atoms with van der Waals surface area (Å²) in [6.07, 6.45) is 6.19. The van der Waals surface area contributed by atoms with E-state index >= 15 is 0 Å². The van der Waals surface area contributed by atoms with Crippen molar-refractivity contribution in [3.63, 3.8) is 0 Å². The van der Waals surface area contributed by atoms with Gasteiger partial charge in [0, 0.05) is 12.7 Å². The number of H-pyrrole nitrogens is 1. The van der Waals surface area contributed by atoms with E-state index in [1.54, 1.807) is 12.3 Å². The Morgan fingerprint density at radius 1 is 1.43 bits per heavy atom. The number of amides is 1. The van der Waals surface area contributed by atoms with Crippen molar-refractivity contribution in [1.29, 1.82) is 0 Å². The van der Waals surface area contributed by atoms with Crippen molar-refractivity contribution < 1.29 is 4.79 Å². The maximum Gasteiger partial charge on any atom is 0.230 e. The van der Waals surface area contributed by atoms with Crippen LogP contribution >= 0.6 is 23.4 Å². The van der Waals surface area contributed by atoms with Crippen molar-refractivity contribution in [2.45, 2.75) is 37.8 Å². The van der Waals surface area contributed by atoms with Gasteiger partial charge in [0.2, 0.25) is 5.91 Å². The van der Waals surface area contributed by atoms with Gasteiger partial charge in [-0.05, 0) is 12.5 Å². The molecule has 2 heterocycles. The first-order chi connectivity index (χ1) is 10.2. The van der Waals surface area contributed by atoms with Crippen LogP contribution < -0.4 is 5.32 Å². The van der Waals surface area contributed by atoms with E-state index in [4.69, 9.17) is 11.6 Å². The average molecular weight is 327 g/mol. The highest BCUT2D eigenvalue weighted by molar-refractivity contribution is 7.99. The summed E-state index contributed by atoms with van der Waals surface area (Å²) < 4.78 is 0. The Hall–Kier alpha value is -1.27. The number of aromatic nitrogens is 3. The zero-order valence-corrected chi connectivity index (χ0v) is 13.6. The summed E-state index contributed by atoms with van der Waals surface area (Å²) in [7, 11) is 0. The molecule has 0 saturated carbocycles. The Labute approximate surface area is 133 Å². The number of imidazole rings is 1. The summed E-state index contributed by atoms with van der Waals surface area (Å²) in [4.78, 5) is 23.2. The molecule has 0 bridgehead atoms. The van der Waals surface area contributed by atoms with E-state index in [1.165, 1.54) is 31.0 Å². The number of carbonyl (C=O) groups is 1. The van der Waals surface area contributed by atoms with Crippen molar-refractivity contribution in [3.8, 4) is 0 Å². The quantitative estimate of drug-likeness (QED) is 0.576. The van der Waals surface area contributed by atoms with Crippen LogP contribution in [0, 0.1) is 0 Å². The first kappa shape index (κ1) is 16.1. The van der Waals surface area contributed by atoms with E-state index in [2.05, 4.69) is 27.2 Å². The molecular formula is C14H19ClN4OS. The predicted octanol–water partition coefficient (Wildman–Crippen LogP) is 3.40. The standard InChI is InChI=1S/C14H19ClN4OS/c1-2-3-4-5-6-16-12(20)9-21-14-18-11-7-10(15)8-17-13(11)19-14/h7-8H,2-6,9H2,1H3,(H,16,20)(H,17,18,19). The number of pyridine rings is 1. The highest BCUT2D eigenvalue weighted by Gasteiger charge is 2.07. The van der Waals surface area contributed by atoms with Gasteiger partial charge in [-0.2, -0.15) is 0 Å². The van der Waals surface area contributed by atoms with Crippen LogP contribution in [-0.4, -0.2) is 33.2 Å². The molecule has 2 rings (SSSR count). The summed E-state index contributed by atoms with van der Waals surface area (Å²) in [5, 5.41) is 4.16. The van der Waals surface area contributed by atoms with Crippen LogP contribution in [0.5, 0.6) is 0 Å². The largest absolute Gasteiger partial charge is 0.355 e. The van der Waals surface area contributed by atoms with Gasteiger partial charge in [-0.25, -0.2) is 9.97 Å². The minimum Gasteiger partial charge on any atom is -0.355 e. The second kappa shape index (κ2) is 8.24. The van der Waals surface area contributed by atoms with Crippen LogP contribution in [0.15, 0.2) is 17.4 Å². The van der Waals surface area contributed by atoms with Crippen molar-refractivity contribution in [3.05, 3.63) is 17.3 Å². The second-order valence-electron chi connectivity index (χ2n) is 4.77. The average Bonchev–Trinajstić information content (AvgIpc) is 2.87. The molecule has 2 aromatic heterocycles. The number of hydrogen-bond acceptors (Lipinski definition) is 4. The van der Waals surface area contributed by atoms with E-state index in [0.717, 1.165) is 18.5 Å². The topological polar surface area (TPSA) is 70.7 Å². The molecule has 7 heteroatoms. The van der Waals surface area contributed by atoms with Gasteiger partial charge in [-0.3, -0.25) is 4.79 Å². The molecule has 0 aliphatic rings. The third-order valence-corrected chi connectivity index (χ3v) is 4.05. The van der Waals surface area contributed by atoms with Crippen LogP contribution in [0.4, 0.5) is 0 Å². The number of rotatable bonds is 8. The van der Waals surface area contributed by atoms with Crippen LogP contribution in [0.1, 0.15) is 32.6 Å². The second-order valence-corrected chi connectivity index (χ2v) is 6.17. The Kier molecular flexibility index (Phi) is 6.32. The molecule has 2 N–H and O–H groups in total. The highest BCUT2D eigenvalue weighted by Crippen LogP contribution is 2.20. The van der Waals surface area contributed by atoms with Gasteiger partial charge in [0.25, 0.3) is 0 Å². The highest BCUT2D eigenvalue weighted by atomic mass is 35.5. The molecule has 0 radical (unpaired) electrons. The lowest BCUT2D eigenvalue weighted by molar-refractivity contribution is -0.118. The number of carbonyl (C=O) groups excluding carboxylic acids is 1. The maximum atomic E-state index is 11.7. The first-order valence-corrected chi connectivity index (χ1v) is 8.46. The lowest BCUT2D eigenvalue weighted by Gasteiger charge is -2.03. The number of fused-ring (bicyclic) bond motifs is 1. The summed E-state index contributed by atoms with van der Waals surface area (Å²) in [5.74, 6) is 0.379. The molecule has 0 atom stereocenters. The minimum atomic E-state index is 0.0305. The van der Waals surface area contributed by atoms with Gasteiger partial charge in [0.05, 0.1) is 16.3 Å². The van der Waals surface area contributed by atoms with Crippen LogP contribution in [0.25, 0.3) is 11.2 Å². The van der Waals surface area contributed by atoms with Gasteiger partial charge in [-0.15, -0.1) is 0 Å². The van der Waals surface area contributed by atoms with Crippen LogP contribution in [-0.2, 0) is 4.79 Å². The molecule has 5 nitrogen and oxygen atoms in total. The molecule has 0 aliphatic carbocycles. The lowest BCUT2D eigenvalue weighted by atomic mass is 10.2. The Balaban J connectivity index is 1.75. The number of nitrogens with one attached hydrogen (secondary N) is 2. The Morgan fingerprint density at radius 2 is 2.29 bits per heavy atom. The third-order valence-electron chi connectivity index (χ3n) is 2.97. The molecule has 0 aliphatic heterocycles. The minimum absolute atomic E-state index is 0.0305. The van der Waals surface area contributed by atoms with Crippen molar-refractivity contribution in [1.82, 2.24) is 20.3 Å². The molecule has 1 amide bonds. The number of aromatic amines is 1. The van der Waals surface area contributed by atoms with Gasteiger partial charge in [0.1, 0.15) is 0 Å². The molecule has 0 spiro atoms. The number of thioether (sulfide) groups is 1. The maximum absolute atomic E-state index is 11.7. The fourth-order valence-electron chi connectivity index (χ4n) is 1.89. The molecule has 0 aromatic carbocycles. The van der Waals surface area contributed by atoms with E-state index in [0.29, 0.717) is 21.6 Å². The van der Waals surface area contributed by atoms with Gasteiger partial charge < -0.3 is 10.3 Å². The van der Waals surface area contributed by atoms with Crippen LogP contribution in [0.2, 0.25) is 5.02 Å². The SMILES string of the molecule is CCCCCCNC(=O)CSc1nc2ncc(Cl)cc2[nH]1. The predicted molar refractivity (Wildman–Crippen MR) is 86.8 cm³/mol. The first-order valence-electron chi connectivity index (χ1n) is 7.10. The van der Waals surface area contributed by atoms with E-state index in [1.807, 2.05) is 0 Å². The van der Waals surface area contributed by atoms with Crippen molar-refractivity contribution >= 4 is 40.4 Å². The molecule has 0 unspecified atom stereocenters. The lowest BCUT2D eigenvalue weighted by Crippen LogP contribution is -2.26. The van der Waals surface area contributed by atoms with E-state index < -0.39 is 0 Å². The van der Waals surface area contributed by atoms with Gasteiger partial charge in [0.15, 0.2) is 10.8 Å². The fraction of sp³-hybridized carbons (Fsp3) is 0.500. The van der Waals surface area contributed by atoms with E-state index in [-0.39, 0.29) is 5.91 Å². The molecular weight excluding hydrogens is 308 g/mol. The zero-order valence-electron chi connectivity index (χ0n) is 12.0. The van der Waals surface area contributed by atoms with Crippen LogP contribution in [0.3, 0.4) is 0 Å². The summed E-state index contributed by atoms with van der Waals surface area (Å²) in [6.45, 7) is 2.92. The van der Waals surface area contributed by atoms with E-state index in [9.17, 15) is 4.79 Å². The monoisotopic (exact) mass is 326 g/mol. The molecule has 21 heavy (non-hydrogen) atoms. The Morgan fingerprint density at radius 3 is 3.10 bits per heavy atom. The summed E-state index contributed by atoms with van der Waals surface area (Å²) >= 11 is 7.23. The summed E-state index contributed by atoms with van der Waals surface area (Å²) in [6, 6.07) is 1.77. The van der Waals surface area contributed by atoms with Crippen molar-refractivity contribution in [2.75, 3.05) is 12.3 Å². The molecule has 0 fully saturated rings. The zero-order chi connectivity index (χ0) is 15.1. The number of nitrogens with zero attached hydrogens (tertiary/aromatic N) is 2. The smallest absolute Gasteiger partial charge is 0.230 e. The molecule has 0 saturated heterocycles. The Bertz CT molecular complexity index is 602. The van der Waals surface area contributed by atoms with Gasteiger partial charge in [-0.1, -0.05) is 49.5 Å².